The highest BCUT2D eigenvalue weighted by Gasteiger charge is 2.58. The number of benzene rings is 3. The van der Waals surface area contributed by atoms with Crippen molar-refractivity contribution in [1.29, 1.82) is 0 Å². The van der Waals surface area contributed by atoms with E-state index in [9.17, 15) is 25.3 Å². The molecular formula is C29H27N5O5. The molecule has 1 unspecified atom stereocenters. The van der Waals surface area contributed by atoms with Crippen LogP contribution in [0.4, 0.5) is 0 Å². The van der Waals surface area contributed by atoms with E-state index in [-0.39, 0.29) is 12.0 Å². The fourth-order valence-electron chi connectivity index (χ4n) is 5.51. The molecule has 0 aliphatic carbocycles. The normalized spacial score (nSPS) is 21.7. The van der Waals surface area contributed by atoms with Crippen molar-refractivity contribution >= 4 is 0 Å². The third-order valence-corrected chi connectivity index (χ3v) is 7.33. The zero-order valence-corrected chi connectivity index (χ0v) is 21.1. The molecule has 0 amide bonds. The maximum absolute atomic E-state index is 12.7. The van der Waals surface area contributed by atoms with Crippen LogP contribution >= 0.6 is 0 Å². The van der Waals surface area contributed by atoms with Crippen molar-refractivity contribution in [2.24, 2.45) is 5.11 Å². The fourth-order valence-corrected chi connectivity index (χ4v) is 5.51. The first kappa shape index (κ1) is 26.1. The van der Waals surface area contributed by atoms with Crippen molar-refractivity contribution in [3.63, 3.8) is 0 Å². The van der Waals surface area contributed by atoms with Crippen molar-refractivity contribution in [3.05, 3.63) is 151 Å². The Morgan fingerprint density at radius 3 is 1.95 bits per heavy atom. The molecule has 4 atom stereocenters. The van der Waals surface area contributed by atoms with Gasteiger partial charge in [0.2, 0.25) is 0 Å². The molecule has 10 heteroatoms. The molecule has 3 N–H and O–H groups in total. The van der Waals surface area contributed by atoms with Crippen molar-refractivity contribution < 1.29 is 14.9 Å². The largest absolute Gasteiger partial charge is 0.389 e. The number of aliphatic hydroxyl groups excluding tert-OH is 1. The number of aromatic amines is 1. The zero-order chi connectivity index (χ0) is 27.6. The van der Waals surface area contributed by atoms with E-state index in [4.69, 9.17) is 4.74 Å². The van der Waals surface area contributed by atoms with Gasteiger partial charge in [0, 0.05) is 23.1 Å². The molecule has 1 aromatic heterocycles. The summed E-state index contributed by atoms with van der Waals surface area (Å²) in [6.45, 7) is 1.53. The topological polar surface area (TPSA) is 153 Å². The number of rotatable bonds is 7. The fraction of sp³-hybridized carbons (Fsp3) is 0.241. The molecule has 4 aromatic rings. The van der Waals surface area contributed by atoms with Gasteiger partial charge in [0.15, 0.2) is 5.72 Å². The molecule has 0 spiro atoms. The van der Waals surface area contributed by atoms with Gasteiger partial charge in [0.1, 0.15) is 18.4 Å². The van der Waals surface area contributed by atoms with E-state index in [0.29, 0.717) is 16.7 Å². The van der Waals surface area contributed by atoms with E-state index in [0.717, 1.165) is 4.57 Å². The quantitative estimate of drug-likeness (QED) is 0.146. The number of aromatic nitrogens is 2. The van der Waals surface area contributed by atoms with Gasteiger partial charge in [-0.2, -0.15) is 0 Å². The molecule has 3 aromatic carbocycles. The second kappa shape index (κ2) is 10.4. The maximum Gasteiger partial charge on any atom is 0.330 e. The molecule has 2 heterocycles. The van der Waals surface area contributed by atoms with E-state index in [2.05, 4.69) is 15.0 Å². The Morgan fingerprint density at radius 2 is 1.49 bits per heavy atom. The number of aliphatic hydroxyl groups is 2. The Bertz CT molecular complexity index is 1520. The van der Waals surface area contributed by atoms with Gasteiger partial charge in [-0.25, -0.2) is 4.79 Å². The Labute approximate surface area is 223 Å². The highest BCUT2D eigenvalue weighted by Crippen LogP contribution is 2.49. The van der Waals surface area contributed by atoms with Crippen LogP contribution in [0.25, 0.3) is 10.4 Å². The van der Waals surface area contributed by atoms with Gasteiger partial charge in [-0.1, -0.05) is 96.1 Å². The van der Waals surface area contributed by atoms with Gasteiger partial charge in [-0.15, -0.1) is 0 Å². The number of H-pyrrole nitrogens is 1. The number of hydrogen-bond acceptors (Lipinski definition) is 6. The predicted molar refractivity (Wildman–Crippen MR) is 144 cm³/mol. The van der Waals surface area contributed by atoms with Crippen LogP contribution in [0.15, 0.2) is 112 Å². The first-order valence-corrected chi connectivity index (χ1v) is 12.4. The summed E-state index contributed by atoms with van der Waals surface area (Å²) in [5, 5.41) is 27.7. The lowest BCUT2D eigenvalue weighted by Gasteiger charge is -2.44. The average molecular weight is 526 g/mol. The smallest absolute Gasteiger partial charge is 0.330 e. The van der Waals surface area contributed by atoms with Gasteiger partial charge in [0.05, 0.1) is 5.41 Å². The van der Waals surface area contributed by atoms with E-state index >= 15 is 0 Å². The van der Waals surface area contributed by atoms with E-state index < -0.39 is 40.8 Å². The first-order valence-electron chi connectivity index (χ1n) is 12.4. The number of nitrogens with zero attached hydrogens (tertiary/aromatic N) is 4. The van der Waals surface area contributed by atoms with Crippen LogP contribution in [-0.2, 0) is 10.2 Å². The second-order valence-electron chi connectivity index (χ2n) is 9.61. The molecule has 1 aliphatic rings. The summed E-state index contributed by atoms with van der Waals surface area (Å²) in [5.41, 5.74) is 6.95. The Morgan fingerprint density at radius 1 is 1.00 bits per heavy atom. The molecular weight excluding hydrogens is 498 g/mol. The molecule has 39 heavy (non-hydrogen) atoms. The SMILES string of the molecule is Cc1cn([C@H]2C[C@@](O)(N=[N+]=[N-])[C@@H](C(O)C(c3ccccc3)(c3ccccc3)c3ccccc3)O2)c(=O)[nH]c1=O. The maximum atomic E-state index is 12.7. The van der Waals surface area contributed by atoms with Crippen molar-refractivity contribution in [2.45, 2.75) is 42.9 Å². The molecule has 198 valence electrons. The zero-order valence-electron chi connectivity index (χ0n) is 21.1. The highest BCUT2D eigenvalue weighted by atomic mass is 16.6. The molecule has 10 nitrogen and oxygen atoms in total. The van der Waals surface area contributed by atoms with Crippen molar-refractivity contribution in [1.82, 2.24) is 9.55 Å². The lowest BCUT2D eigenvalue weighted by Crippen LogP contribution is -2.55. The van der Waals surface area contributed by atoms with Crippen LogP contribution in [0.5, 0.6) is 0 Å². The van der Waals surface area contributed by atoms with Gasteiger partial charge in [-0.05, 0) is 29.1 Å². The molecule has 0 bridgehead atoms. The van der Waals surface area contributed by atoms with E-state index in [1.54, 1.807) is 0 Å². The molecule has 5 rings (SSSR count). The van der Waals surface area contributed by atoms with E-state index in [1.807, 2.05) is 91.0 Å². The van der Waals surface area contributed by atoms with Crippen LogP contribution in [0, 0.1) is 6.92 Å². The van der Waals surface area contributed by atoms with Gasteiger partial charge < -0.3 is 14.9 Å². The van der Waals surface area contributed by atoms with Gasteiger partial charge in [-0.3, -0.25) is 14.3 Å². The second-order valence-corrected chi connectivity index (χ2v) is 9.61. The average Bonchev–Trinajstić information content (AvgIpc) is 3.29. The first-order chi connectivity index (χ1) is 18.8. The third-order valence-electron chi connectivity index (χ3n) is 7.33. The number of aryl methyl sites for hydroxylation is 1. The summed E-state index contributed by atoms with van der Waals surface area (Å²) in [6, 6.07) is 27.9. The minimum Gasteiger partial charge on any atom is -0.389 e. The van der Waals surface area contributed by atoms with Crippen LogP contribution < -0.4 is 11.2 Å². The molecule has 1 aliphatic heterocycles. The highest BCUT2D eigenvalue weighted by molar-refractivity contribution is 5.52. The monoisotopic (exact) mass is 525 g/mol. The van der Waals surface area contributed by atoms with Crippen LogP contribution in [-0.4, -0.2) is 37.7 Å². The standard InChI is InChI=1S/C29H27N5O5/c1-19-18-34(27(37)31-26(19)36)23-17-28(38,32-33-30)25(39-23)24(35)29(20-11-5-2-6-12-20,21-13-7-3-8-14-21)22-15-9-4-10-16-22/h2-16,18,23-25,35,38H,17H2,1H3,(H,31,36,37)/t23-,24?,25-,28+/m1/s1. The minimum absolute atomic E-state index is 0.252. The Kier molecular flexibility index (Phi) is 6.94. The van der Waals surface area contributed by atoms with E-state index in [1.165, 1.54) is 13.1 Å². The van der Waals surface area contributed by atoms with Crippen LogP contribution in [0.2, 0.25) is 0 Å². The Hall–Kier alpha value is -4.47. The minimum atomic E-state index is -2.23. The summed E-state index contributed by atoms with van der Waals surface area (Å²) in [6.07, 6.45) is -3.14. The molecule has 1 fully saturated rings. The summed E-state index contributed by atoms with van der Waals surface area (Å²) >= 11 is 0. The van der Waals surface area contributed by atoms with Gasteiger partial charge >= 0.3 is 5.69 Å². The lowest BCUT2D eigenvalue weighted by molar-refractivity contribution is -0.127. The van der Waals surface area contributed by atoms with Crippen LogP contribution in [0.1, 0.15) is 34.9 Å². The molecule has 1 saturated heterocycles. The van der Waals surface area contributed by atoms with Crippen molar-refractivity contribution in [3.8, 4) is 0 Å². The number of nitrogens with one attached hydrogen (secondary N) is 1. The van der Waals surface area contributed by atoms with Crippen LogP contribution in [0.3, 0.4) is 0 Å². The lowest BCUT2D eigenvalue weighted by atomic mass is 9.63. The number of ether oxygens (including phenoxy) is 1. The molecule has 0 saturated carbocycles. The third kappa shape index (κ3) is 4.45. The summed E-state index contributed by atoms with van der Waals surface area (Å²) in [4.78, 5) is 29.7. The Balaban J connectivity index is 1.74. The number of azide groups is 1. The summed E-state index contributed by atoms with van der Waals surface area (Å²) in [7, 11) is 0. The number of hydrogen-bond donors (Lipinski definition) is 3. The summed E-state index contributed by atoms with van der Waals surface area (Å²) in [5.74, 6) is 0. The van der Waals surface area contributed by atoms with Crippen molar-refractivity contribution in [2.75, 3.05) is 0 Å². The molecule has 0 radical (unpaired) electrons. The predicted octanol–water partition coefficient (Wildman–Crippen LogP) is 3.53. The summed E-state index contributed by atoms with van der Waals surface area (Å²) < 4.78 is 7.32. The van der Waals surface area contributed by atoms with Gasteiger partial charge in [0.25, 0.3) is 5.56 Å².